The summed E-state index contributed by atoms with van der Waals surface area (Å²) in [5, 5.41) is 22.3. The maximum absolute atomic E-state index is 12.2. The Labute approximate surface area is 131 Å². The molecule has 0 radical (unpaired) electrons. The quantitative estimate of drug-likeness (QED) is 0.543. The minimum absolute atomic E-state index is 0.0821. The third-order valence-electron chi connectivity index (χ3n) is 4.65. The van der Waals surface area contributed by atoms with Crippen molar-refractivity contribution in [3.8, 4) is 0 Å². The van der Waals surface area contributed by atoms with E-state index < -0.39 is 38.9 Å². The van der Waals surface area contributed by atoms with Gasteiger partial charge in [-0.3, -0.25) is 24.4 Å². The van der Waals surface area contributed by atoms with Crippen molar-refractivity contribution in [1.82, 2.24) is 0 Å². The van der Waals surface area contributed by atoms with E-state index in [1.54, 1.807) is 0 Å². The second kappa shape index (κ2) is 7.96. The second-order valence-corrected chi connectivity index (χ2v) is 7.26. The first-order chi connectivity index (χ1) is 10.5. The molecule has 3 atom stereocenters. The van der Waals surface area contributed by atoms with Crippen molar-refractivity contribution in [2.24, 2.45) is 5.92 Å². The first-order valence-corrected chi connectivity index (χ1v) is 9.06. The molecule has 8 nitrogen and oxygen atoms in total. The van der Waals surface area contributed by atoms with Crippen molar-refractivity contribution < 1.29 is 18.2 Å². The van der Waals surface area contributed by atoms with E-state index >= 15 is 0 Å². The lowest BCUT2D eigenvalue weighted by atomic mass is 9.82. The Morgan fingerprint density at radius 2 is 1.45 bits per heavy atom. The van der Waals surface area contributed by atoms with Crippen LogP contribution in [0.3, 0.4) is 0 Å². The lowest BCUT2D eigenvalue weighted by molar-refractivity contribution is -0.581. The topological polar surface area (TPSA) is 113 Å². The largest absolute Gasteiger partial charge is 0.287 e. The Morgan fingerprint density at radius 1 is 0.909 bits per heavy atom. The fourth-order valence-electron chi connectivity index (χ4n) is 3.48. The van der Waals surface area contributed by atoms with E-state index in [0.29, 0.717) is 19.3 Å². The van der Waals surface area contributed by atoms with Crippen LogP contribution in [0.1, 0.15) is 51.4 Å². The first kappa shape index (κ1) is 17.3. The first-order valence-electron chi connectivity index (χ1n) is 7.81. The third kappa shape index (κ3) is 4.45. The van der Waals surface area contributed by atoms with E-state index in [4.69, 9.17) is 4.18 Å². The monoisotopic (exact) mass is 334 g/mol. The molecule has 0 N–H and O–H groups in total. The van der Waals surface area contributed by atoms with Gasteiger partial charge in [-0.1, -0.05) is 19.3 Å². The van der Waals surface area contributed by atoms with Crippen molar-refractivity contribution in [2.75, 3.05) is 5.75 Å². The van der Waals surface area contributed by atoms with Crippen LogP contribution < -0.4 is 0 Å². The highest BCUT2D eigenvalue weighted by atomic mass is 32.2. The van der Waals surface area contributed by atoms with Crippen molar-refractivity contribution in [1.29, 1.82) is 0 Å². The molecule has 0 amide bonds. The summed E-state index contributed by atoms with van der Waals surface area (Å²) in [6, 6.07) is -1.99. The van der Waals surface area contributed by atoms with Gasteiger partial charge in [-0.05, 0) is 19.3 Å². The van der Waals surface area contributed by atoms with Gasteiger partial charge in [-0.15, -0.1) is 0 Å². The normalized spacial score (nSPS) is 31.5. The molecule has 22 heavy (non-hydrogen) atoms. The van der Waals surface area contributed by atoms with Crippen LogP contribution in [-0.2, 0) is 15.3 Å². The minimum atomic E-state index is -1.70. The van der Waals surface area contributed by atoms with Gasteiger partial charge in [0.25, 0.3) is 0 Å². The summed E-state index contributed by atoms with van der Waals surface area (Å²) < 4.78 is 17.6. The fraction of sp³-hybridized carbons (Fsp3) is 1.00. The van der Waals surface area contributed by atoms with Gasteiger partial charge in [0.2, 0.25) is 12.1 Å². The van der Waals surface area contributed by atoms with E-state index in [1.807, 2.05) is 0 Å². The van der Waals surface area contributed by atoms with Crippen molar-refractivity contribution in [2.45, 2.75) is 69.6 Å². The molecule has 2 rings (SSSR count). The molecule has 0 saturated heterocycles. The number of nitrogens with zero attached hydrogens (tertiary/aromatic N) is 2. The SMILES string of the molecule is O=[N+]([O-])C1CCCC([N+](=O)[O-])C1CS(=O)OC1CCCCC1. The molecule has 2 saturated carbocycles. The highest BCUT2D eigenvalue weighted by Crippen LogP contribution is 2.30. The smallest absolute Gasteiger partial charge is 0.223 e. The number of hydrogen-bond acceptors (Lipinski definition) is 6. The predicted molar refractivity (Wildman–Crippen MR) is 79.9 cm³/mol. The van der Waals surface area contributed by atoms with Gasteiger partial charge in [-0.2, -0.15) is 0 Å². The van der Waals surface area contributed by atoms with Crippen molar-refractivity contribution >= 4 is 11.1 Å². The van der Waals surface area contributed by atoms with E-state index in [1.165, 1.54) is 0 Å². The standard InChI is InChI=1S/C13H22N2O6S/c16-14(17)12-7-4-8-13(15(18)19)11(12)9-22(20)21-10-5-2-1-3-6-10/h10-13H,1-9H2. The average Bonchev–Trinajstić information content (AvgIpc) is 2.47. The fourth-order valence-corrected chi connectivity index (χ4v) is 4.81. The second-order valence-electron chi connectivity index (χ2n) is 6.13. The zero-order valence-corrected chi connectivity index (χ0v) is 13.2. The Bertz CT molecular complexity index is 418. The summed E-state index contributed by atoms with van der Waals surface area (Å²) >= 11 is -1.70. The average molecular weight is 334 g/mol. The van der Waals surface area contributed by atoms with Gasteiger partial charge in [0.15, 0.2) is 11.1 Å². The van der Waals surface area contributed by atoms with Crippen LogP contribution in [-0.4, -0.2) is 38.0 Å². The minimum Gasteiger partial charge on any atom is -0.287 e. The Morgan fingerprint density at radius 3 is 1.95 bits per heavy atom. The summed E-state index contributed by atoms with van der Waals surface area (Å²) in [7, 11) is 0. The van der Waals surface area contributed by atoms with Crippen LogP contribution in [0.4, 0.5) is 0 Å². The van der Waals surface area contributed by atoms with Crippen LogP contribution in [0, 0.1) is 26.1 Å². The lowest BCUT2D eigenvalue weighted by Crippen LogP contribution is -2.47. The summed E-state index contributed by atoms with van der Waals surface area (Å²) in [5.74, 6) is -0.934. The molecular formula is C13H22N2O6S. The van der Waals surface area contributed by atoms with Crippen LogP contribution in [0.2, 0.25) is 0 Å². The maximum Gasteiger partial charge on any atom is 0.223 e. The summed E-state index contributed by atoms with van der Waals surface area (Å²) in [6.07, 6.45) is 5.88. The number of rotatable bonds is 6. The van der Waals surface area contributed by atoms with Crippen molar-refractivity contribution in [3.63, 3.8) is 0 Å². The Hall–Kier alpha value is -1.09. The zero-order valence-electron chi connectivity index (χ0n) is 12.4. The van der Waals surface area contributed by atoms with Gasteiger partial charge in [0.05, 0.1) is 11.9 Å². The highest BCUT2D eigenvalue weighted by Gasteiger charge is 2.48. The molecule has 0 aromatic carbocycles. The van der Waals surface area contributed by atoms with E-state index in [2.05, 4.69) is 0 Å². The molecule has 0 spiro atoms. The molecule has 0 aromatic rings. The summed E-state index contributed by atoms with van der Waals surface area (Å²) in [4.78, 5) is 21.4. The van der Waals surface area contributed by atoms with Crippen LogP contribution in [0.15, 0.2) is 0 Å². The van der Waals surface area contributed by atoms with Crippen LogP contribution in [0.5, 0.6) is 0 Å². The Balaban J connectivity index is 1.99. The zero-order chi connectivity index (χ0) is 16.1. The molecule has 126 valence electrons. The van der Waals surface area contributed by atoms with Gasteiger partial charge < -0.3 is 0 Å². The van der Waals surface area contributed by atoms with E-state index in [-0.39, 0.29) is 11.9 Å². The maximum atomic E-state index is 12.2. The lowest BCUT2D eigenvalue weighted by Gasteiger charge is -2.28. The highest BCUT2D eigenvalue weighted by molar-refractivity contribution is 7.80. The third-order valence-corrected chi connectivity index (χ3v) is 5.80. The van der Waals surface area contributed by atoms with E-state index in [9.17, 15) is 24.4 Å². The molecule has 9 heteroatoms. The van der Waals surface area contributed by atoms with Gasteiger partial charge >= 0.3 is 0 Å². The van der Waals surface area contributed by atoms with Gasteiger partial charge in [-0.25, -0.2) is 4.21 Å². The summed E-state index contributed by atoms with van der Waals surface area (Å²) in [6.45, 7) is 0. The molecule has 2 fully saturated rings. The molecule has 0 heterocycles. The van der Waals surface area contributed by atoms with Crippen LogP contribution in [0.25, 0.3) is 0 Å². The van der Waals surface area contributed by atoms with Crippen molar-refractivity contribution in [3.05, 3.63) is 20.2 Å². The number of hydrogen-bond donors (Lipinski definition) is 0. The molecule has 2 aliphatic rings. The van der Waals surface area contributed by atoms with Gasteiger partial charge in [0.1, 0.15) is 5.92 Å². The molecule has 0 bridgehead atoms. The van der Waals surface area contributed by atoms with E-state index in [0.717, 1.165) is 32.1 Å². The molecular weight excluding hydrogens is 312 g/mol. The molecule has 0 aromatic heterocycles. The summed E-state index contributed by atoms with van der Waals surface area (Å²) in [5.41, 5.74) is 0. The number of nitro groups is 2. The van der Waals surface area contributed by atoms with Gasteiger partial charge in [0, 0.05) is 22.7 Å². The Kier molecular flexibility index (Phi) is 6.25. The van der Waals surface area contributed by atoms with Crippen LogP contribution >= 0.6 is 0 Å². The predicted octanol–water partition coefficient (Wildman–Crippen LogP) is 2.09. The molecule has 3 unspecified atom stereocenters. The molecule has 2 aliphatic carbocycles. The molecule has 0 aliphatic heterocycles.